The van der Waals surface area contributed by atoms with Crippen molar-refractivity contribution in [3.63, 3.8) is 0 Å². The van der Waals surface area contributed by atoms with Crippen LogP contribution in [-0.2, 0) is 19.1 Å². The maximum Gasteiger partial charge on any atom is 0.335 e. The van der Waals surface area contributed by atoms with Gasteiger partial charge in [-0.1, -0.05) is 6.07 Å². The predicted molar refractivity (Wildman–Crippen MR) is 103 cm³/mol. The van der Waals surface area contributed by atoms with E-state index in [0.29, 0.717) is 13.0 Å². The highest BCUT2D eigenvalue weighted by Gasteiger charge is 2.48. The van der Waals surface area contributed by atoms with Crippen LogP contribution >= 0.6 is 0 Å². The second kappa shape index (κ2) is 10.1. The topological polar surface area (TPSA) is 153 Å². The highest BCUT2D eigenvalue weighted by Crippen LogP contribution is 2.23. The van der Waals surface area contributed by atoms with E-state index in [1.165, 1.54) is 0 Å². The Morgan fingerprint density at radius 2 is 1.83 bits per heavy atom. The first-order valence-corrected chi connectivity index (χ1v) is 9.87. The molecule has 0 aliphatic carbocycles. The zero-order valence-corrected chi connectivity index (χ0v) is 16.4. The molecule has 30 heavy (non-hydrogen) atoms. The molecule has 0 bridgehead atoms. The molecule has 0 aromatic carbocycles. The number of carboxylic acid groups (broad SMARTS) is 1. The van der Waals surface area contributed by atoms with E-state index in [2.05, 4.69) is 14.8 Å². The fourth-order valence-corrected chi connectivity index (χ4v) is 3.53. The smallest absolute Gasteiger partial charge is 0.335 e. The van der Waals surface area contributed by atoms with E-state index in [0.717, 1.165) is 32.0 Å². The van der Waals surface area contributed by atoms with Crippen molar-refractivity contribution < 1.29 is 39.5 Å². The number of aliphatic hydroxyl groups is 3. The normalized spacial score (nSPS) is 30.1. The van der Waals surface area contributed by atoms with Crippen LogP contribution in [-0.4, -0.2) is 106 Å². The number of carbonyl (C=O) groups excluding carboxylic acids is 1. The molecule has 2 saturated heterocycles. The standard InChI is InChI=1S/C19H27N3O8/c23-13(29-19-16(26)14(24)15(25)17(30-19)18(27)28)5-3-7-21-8-10-22(11-9-21)12-4-1-2-6-20-12/h1-2,4,6,14-17,19,24-26H,3,5,7-11H2,(H,27,28). The van der Waals surface area contributed by atoms with Gasteiger partial charge in [0.1, 0.15) is 24.1 Å². The van der Waals surface area contributed by atoms with Crippen LogP contribution < -0.4 is 4.90 Å². The first kappa shape index (κ1) is 22.4. The van der Waals surface area contributed by atoms with E-state index in [9.17, 15) is 24.9 Å². The van der Waals surface area contributed by atoms with Crippen molar-refractivity contribution in [2.45, 2.75) is 43.5 Å². The summed E-state index contributed by atoms with van der Waals surface area (Å²) in [7, 11) is 0. The number of nitrogens with zero attached hydrogens (tertiary/aromatic N) is 3. The number of rotatable bonds is 7. The number of aromatic nitrogens is 1. The van der Waals surface area contributed by atoms with Crippen molar-refractivity contribution in [1.82, 2.24) is 9.88 Å². The summed E-state index contributed by atoms with van der Waals surface area (Å²) in [6.07, 6.45) is -6.49. The van der Waals surface area contributed by atoms with Gasteiger partial charge in [-0.3, -0.25) is 9.69 Å². The Bertz CT molecular complexity index is 713. The van der Waals surface area contributed by atoms with E-state index >= 15 is 0 Å². The fourth-order valence-electron chi connectivity index (χ4n) is 3.53. The monoisotopic (exact) mass is 425 g/mol. The second-order valence-corrected chi connectivity index (χ2v) is 7.35. The van der Waals surface area contributed by atoms with Crippen molar-refractivity contribution in [2.75, 3.05) is 37.6 Å². The Hall–Kier alpha value is -2.31. The minimum Gasteiger partial charge on any atom is -0.479 e. The van der Waals surface area contributed by atoms with E-state index in [1.807, 2.05) is 18.2 Å². The molecule has 0 radical (unpaired) electrons. The van der Waals surface area contributed by atoms with Gasteiger partial charge in [-0.15, -0.1) is 0 Å². The van der Waals surface area contributed by atoms with Crippen LogP contribution in [0.3, 0.4) is 0 Å². The molecule has 3 rings (SSSR count). The van der Waals surface area contributed by atoms with Crippen LogP contribution in [0.2, 0.25) is 0 Å². The van der Waals surface area contributed by atoms with Gasteiger partial charge in [0.25, 0.3) is 0 Å². The second-order valence-electron chi connectivity index (χ2n) is 7.35. The summed E-state index contributed by atoms with van der Waals surface area (Å²) in [4.78, 5) is 31.9. The third-order valence-electron chi connectivity index (χ3n) is 5.26. The lowest BCUT2D eigenvalue weighted by Crippen LogP contribution is -2.60. The number of aliphatic carboxylic acids is 1. The van der Waals surface area contributed by atoms with Gasteiger partial charge in [-0.25, -0.2) is 9.78 Å². The number of piperazine rings is 1. The van der Waals surface area contributed by atoms with Crippen LogP contribution in [0.1, 0.15) is 12.8 Å². The van der Waals surface area contributed by atoms with Crippen molar-refractivity contribution in [3.8, 4) is 0 Å². The highest BCUT2D eigenvalue weighted by molar-refractivity contribution is 5.73. The summed E-state index contributed by atoms with van der Waals surface area (Å²) in [6.45, 7) is 4.01. The van der Waals surface area contributed by atoms with Crippen molar-refractivity contribution in [2.24, 2.45) is 0 Å². The molecule has 0 amide bonds. The summed E-state index contributed by atoms with van der Waals surface area (Å²) in [6, 6.07) is 5.80. The quantitative estimate of drug-likeness (QED) is 0.374. The van der Waals surface area contributed by atoms with E-state index in [1.54, 1.807) is 6.20 Å². The first-order valence-electron chi connectivity index (χ1n) is 9.87. The average Bonchev–Trinajstić information content (AvgIpc) is 2.75. The number of esters is 1. The number of anilines is 1. The van der Waals surface area contributed by atoms with Gasteiger partial charge < -0.3 is 34.8 Å². The Kier molecular flexibility index (Phi) is 7.56. The molecule has 166 valence electrons. The Morgan fingerprint density at radius 1 is 1.10 bits per heavy atom. The number of aliphatic hydroxyl groups excluding tert-OH is 3. The number of pyridine rings is 1. The minimum absolute atomic E-state index is 0.0451. The Labute approximate surface area is 173 Å². The summed E-state index contributed by atoms with van der Waals surface area (Å²) in [5, 5.41) is 38.3. The van der Waals surface area contributed by atoms with Gasteiger partial charge in [-0.05, 0) is 25.1 Å². The summed E-state index contributed by atoms with van der Waals surface area (Å²) in [5.41, 5.74) is 0. The van der Waals surface area contributed by atoms with Gasteiger partial charge in [0.05, 0.1) is 0 Å². The number of ether oxygens (including phenoxy) is 2. The van der Waals surface area contributed by atoms with E-state index in [-0.39, 0.29) is 6.42 Å². The Morgan fingerprint density at radius 3 is 2.47 bits per heavy atom. The number of hydrogen-bond donors (Lipinski definition) is 4. The van der Waals surface area contributed by atoms with Crippen LogP contribution in [0.25, 0.3) is 0 Å². The lowest BCUT2D eigenvalue weighted by atomic mass is 9.99. The molecule has 3 heterocycles. The third-order valence-corrected chi connectivity index (χ3v) is 5.26. The molecular formula is C19H27N3O8. The number of hydrogen-bond acceptors (Lipinski definition) is 10. The highest BCUT2D eigenvalue weighted by atomic mass is 16.7. The molecule has 11 heteroatoms. The van der Waals surface area contributed by atoms with Gasteiger partial charge in [0.2, 0.25) is 6.29 Å². The molecule has 1 aromatic rings. The maximum absolute atomic E-state index is 12.1. The van der Waals surface area contributed by atoms with E-state index < -0.39 is 42.6 Å². The maximum atomic E-state index is 12.1. The van der Waals surface area contributed by atoms with Gasteiger partial charge >= 0.3 is 11.9 Å². The van der Waals surface area contributed by atoms with Gasteiger partial charge in [0, 0.05) is 38.8 Å². The number of carboxylic acids is 1. The molecule has 11 nitrogen and oxygen atoms in total. The lowest BCUT2D eigenvalue weighted by molar-refractivity contribution is -0.286. The molecule has 2 aliphatic heterocycles. The Balaban J connectivity index is 1.38. The minimum atomic E-state index is -1.82. The molecule has 5 atom stereocenters. The van der Waals surface area contributed by atoms with Gasteiger partial charge in [-0.2, -0.15) is 0 Å². The summed E-state index contributed by atoms with van der Waals surface area (Å²) in [5.74, 6) is -1.27. The molecule has 5 unspecified atom stereocenters. The van der Waals surface area contributed by atoms with Crippen molar-refractivity contribution in [1.29, 1.82) is 0 Å². The summed E-state index contributed by atoms with van der Waals surface area (Å²) >= 11 is 0. The fraction of sp³-hybridized carbons (Fsp3) is 0.632. The zero-order chi connectivity index (χ0) is 21.7. The van der Waals surface area contributed by atoms with Crippen LogP contribution in [0.4, 0.5) is 5.82 Å². The van der Waals surface area contributed by atoms with E-state index in [4.69, 9.17) is 14.6 Å². The zero-order valence-electron chi connectivity index (χ0n) is 16.4. The van der Waals surface area contributed by atoms with Crippen molar-refractivity contribution in [3.05, 3.63) is 24.4 Å². The van der Waals surface area contributed by atoms with Crippen LogP contribution in [0.5, 0.6) is 0 Å². The van der Waals surface area contributed by atoms with Crippen LogP contribution in [0, 0.1) is 0 Å². The van der Waals surface area contributed by atoms with Crippen LogP contribution in [0.15, 0.2) is 24.4 Å². The summed E-state index contributed by atoms with van der Waals surface area (Å²) < 4.78 is 9.93. The molecule has 2 aliphatic rings. The predicted octanol–water partition coefficient (Wildman–Crippen LogP) is -1.58. The molecule has 1 aromatic heterocycles. The van der Waals surface area contributed by atoms with Crippen molar-refractivity contribution >= 4 is 17.8 Å². The first-order chi connectivity index (χ1) is 14.4. The lowest BCUT2D eigenvalue weighted by Gasteiger charge is -2.38. The largest absolute Gasteiger partial charge is 0.479 e. The molecule has 0 spiro atoms. The third kappa shape index (κ3) is 5.43. The number of carbonyl (C=O) groups is 2. The molecule has 4 N–H and O–H groups in total. The SMILES string of the molecule is O=C(CCCN1CCN(c2ccccn2)CC1)OC1OC(C(=O)O)C(O)C(O)C1O. The molecule has 0 saturated carbocycles. The van der Waals surface area contributed by atoms with Gasteiger partial charge in [0.15, 0.2) is 6.10 Å². The molecule has 2 fully saturated rings. The molecular weight excluding hydrogens is 398 g/mol. The average molecular weight is 425 g/mol.